The summed E-state index contributed by atoms with van der Waals surface area (Å²) in [5, 5.41) is 16.4. The fourth-order valence-corrected chi connectivity index (χ4v) is 1.66. The Bertz CT molecular complexity index is 586. The molecule has 18 heavy (non-hydrogen) atoms. The van der Waals surface area contributed by atoms with Gasteiger partial charge in [-0.05, 0) is 12.1 Å². The van der Waals surface area contributed by atoms with Crippen molar-refractivity contribution in [3.63, 3.8) is 0 Å². The van der Waals surface area contributed by atoms with E-state index in [2.05, 4.69) is 10.3 Å². The highest BCUT2D eigenvalue weighted by Crippen LogP contribution is 2.32. The lowest BCUT2D eigenvalue weighted by Crippen LogP contribution is -2.01. The second-order valence-electron chi connectivity index (χ2n) is 3.50. The Morgan fingerprint density at radius 2 is 2.17 bits per heavy atom. The van der Waals surface area contributed by atoms with Crippen molar-refractivity contribution in [2.75, 3.05) is 14.2 Å². The molecule has 0 atom stereocenters. The van der Waals surface area contributed by atoms with Crippen LogP contribution >= 0.6 is 0 Å². The maximum atomic E-state index is 8.73. The first-order chi connectivity index (χ1) is 8.80. The van der Waals surface area contributed by atoms with Crippen molar-refractivity contribution in [1.82, 2.24) is 15.0 Å². The summed E-state index contributed by atoms with van der Waals surface area (Å²) in [6.45, 7) is 0.143. The maximum absolute atomic E-state index is 8.73. The molecule has 1 aromatic heterocycles. The Hall–Kier alpha value is -2.55. The quantitative estimate of drug-likeness (QED) is 0.814. The van der Waals surface area contributed by atoms with E-state index in [9.17, 15) is 0 Å². The molecule has 1 aromatic carbocycles. The SMILES string of the molecule is COc1ccc(-c2cnnn2CC#N)c(OC)c1. The van der Waals surface area contributed by atoms with E-state index in [0.717, 1.165) is 11.3 Å². The second-order valence-corrected chi connectivity index (χ2v) is 3.50. The molecule has 0 amide bonds. The molecule has 0 radical (unpaired) electrons. The Morgan fingerprint density at radius 1 is 1.33 bits per heavy atom. The van der Waals surface area contributed by atoms with Crippen LogP contribution in [0.3, 0.4) is 0 Å². The zero-order valence-corrected chi connectivity index (χ0v) is 10.1. The molecule has 0 bridgehead atoms. The summed E-state index contributed by atoms with van der Waals surface area (Å²) in [6.07, 6.45) is 1.60. The van der Waals surface area contributed by atoms with E-state index in [1.54, 1.807) is 26.5 Å². The van der Waals surface area contributed by atoms with Crippen LogP contribution in [0, 0.1) is 11.3 Å². The van der Waals surface area contributed by atoms with Crippen LogP contribution in [-0.4, -0.2) is 29.2 Å². The lowest BCUT2D eigenvalue weighted by molar-refractivity contribution is 0.395. The molecular weight excluding hydrogens is 232 g/mol. The third-order valence-corrected chi connectivity index (χ3v) is 2.52. The smallest absolute Gasteiger partial charge is 0.131 e. The van der Waals surface area contributed by atoms with Gasteiger partial charge in [-0.1, -0.05) is 5.21 Å². The van der Waals surface area contributed by atoms with Gasteiger partial charge in [-0.3, -0.25) is 0 Å². The van der Waals surface area contributed by atoms with Crippen molar-refractivity contribution in [3.8, 4) is 28.8 Å². The van der Waals surface area contributed by atoms with Crippen LogP contribution in [0.15, 0.2) is 24.4 Å². The normalized spacial score (nSPS) is 9.83. The highest BCUT2D eigenvalue weighted by molar-refractivity contribution is 5.68. The highest BCUT2D eigenvalue weighted by atomic mass is 16.5. The number of hydrogen-bond donors (Lipinski definition) is 0. The van der Waals surface area contributed by atoms with Crippen LogP contribution in [0.25, 0.3) is 11.3 Å². The molecule has 2 rings (SSSR count). The molecule has 0 unspecified atom stereocenters. The van der Waals surface area contributed by atoms with Gasteiger partial charge < -0.3 is 9.47 Å². The summed E-state index contributed by atoms with van der Waals surface area (Å²) in [4.78, 5) is 0. The lowest BCUT2D eigenvalue weighted by atomic mass is 10.1. The van der Waals surface area contributed by atoms with Crippen LogP contribution in [0.2, 0.25) is 0 Å². The Kier molecular flexibility index (Phi) is 3.44. The molecule has 0 aliphatic carbocycles. The standard InChI is InChI=1S/C12H12N4O2/c1-17-9-3-4-10(12(7-9)18-2)11-8-14-15-16(11)6-5-13/h3-4,7-8H,6H2,1-2H3. The first-order valence-corrected chi connectivity index (χ1v) is 5.28. The first-order valence-electron chi connectivity index (χ1n) is 5.28. The minimum Gasteiger partial charge on any atom is -0.497 e. The summed E-state index contributed by atoms with van der Waals surface area (Å²) >= 11 is 0. The van der Waals surface area contributed by atoms with Crippen molar-refractivity contribution in [3.05, 3.63) is 24.4 Å². The van der Waals surface area contributed by atoms with Crippen LogP contribution in [-0.2, 0) is 6.54 Å². The second kappa shape index (κ2) is 5.19. The number of ether oxygens (including phenoxy) is 2. The third-order valence-electron chi connectivity index (χ3n) is 2.52. The predicted molar refractivity (Wildman–Crippen MR) is 64.2 cm³/mol. The molecule has 6 nitrogen and oxygen atoms in total. The summed E-state index contributed by atoms with van der Waals surface area (Å²) in [6, 6.07) is 7.48. The van der Waals surface area contributed by atoms with Crippen LogP contribution in [0.1, 0.15) is 0 Å². The van der Waals surface area contributed by atoms with Crippen LogP contribution in [0.4, 0.5) is 0 Å². The fourth-order valence-electron chi connectivity index (χ4n) is 1.66. The summed E-state index contributed by atoms with van der Waals surface area (Å²) in [5.74, 6) is 1.35. The summed E-state index contributed by atoms with van der Waals surface area (Å²) in [5.41, 5.74) is 1.55. The molecule has 0 fully saturated rings. The Labute approximate surface area is 104 Å². The minimum atomic E-state index is 0.143. The number of nitrogens with zero attached hydrogens (tertiary/aromatic N) is 4. The Morgan fingerprint density at radius 3 is 2.83 bits per heavy atom. The highest BCUT2D eigenvalue weighted by Gasteiger charge is 2.12. The van der Waals surface area contributed by atoms with Crippen LogP contribution < -0.4 is 9.47 Å². The number of methoxy groups -OCH3 is 2. The topological polar surface area (TPSA) is 73.0 Å². The van der Waals surface area contributed by atoms with Crippen molar-refractivity contribution in [2.45, 2.75) is 6.54 Å². The number of aromatic nitrogens is 3. The van der Waals surface area contributed by atoms with Crippen LogP contribution in [0.5, 0.6) is 11.5 Å². The largest absolute Gasteiger partial charge is 0.497 e. The van der Waals surface area contributed by atoms with Gasteiger partial charge in [0, 0.05) is 11.6 Å². The van der Waals surface area contributed by atoms with Gasteiger partial charge in [0.15, 0.2) is 0 Å². The monoisotopic (exact) mass is 244 g/mol. The van der Waals surface area contributed by atoms with Gasteiger partial charge in [-0.2, -0.15) is 5.26 Å². The minimum absolute atomic E-state index is 0.143. The number of benzene rings is 1. The van der Waals surface area contributed by atoms with Gasteiger partial charge in [0.2, 0.25) is 0 Å². The molecule has 92 valence electrons. The van der Waals surface area contributed by atoms with Crippen molar-refractivity contribution >= 4 is 0 Å². The van der Waals surface area contributed by atoms with Gasteiger partial charge in [0.1, 0.15) is 18.0 Å². The van der Waals surface area contributed by atoms with E-state index in [1.807, 2.05) is 18.2 Å². The fraction of sp³-hybridized carbons (Fsp3) is 0.250. The van der Waals surface area contributed by atoms with Crippen molar-refractivity contribution in [1.29, 1.82) is 5.26 Å². The van der Waals surface area contributed by atoms with Gasteiger partial charge >= 0.3 is 0 Å². The molecule has 0 aliphatic rings. The van der Waals surface area contributed by atoms with Gasteiger partial charge in [-0.15, -0.1) is 5.10 Å². The average molecular weight is 244 g/mol. The average Bonchev–Trinajstić information content (AvgIpc) is 2.86. The molecule has 0 N–H and O–H groups in total. The molecular formula is C12H12N4O2. The molecule has 0 aliphatic heterocycles. The van der Waals surface area contributed by atoms with Crippen molar-refractivity contribution < 1.29 is 9.47 Å². The molecule has 0 saturated heterocycles. The van der Waals surface area contributed by atoms with Gasteiger partial charge in [-0.25, -0.2) is 4.68 Å². The molecule has 1 heterocycles. The third kappa shape index (κ3) is 2.11. The van der Waals surface area contributed by atoms with Crippen molar-refractivity contribution in [2.24, 2.45) is 0 Å². The maximum Gasteiger partial charge on any atom is 0.131 e. The molecule has 0 spiro atoms. The summed E-state index contributed by atoms with van der Waals surface area (Å²) in [7, 11) is 3.17. The number of nitriles is 1. The summed E-state index contributed by atoms with van der Waals surface area (Å²) < 4.78 is 12.0. The number of hydrogen-bond acceptors (Lipinski definition) is 5. The van der Waals surface area contributed by atoms with E-state index in [-0.39, 0.29) is 6.54 Å². The zero-order chi connectivity index (χ0) is 13.0. The van der Waals surface area contributed by atoms with E-state index in [1.165, 1.54) is 4.68 Å². The van der Waals surface area contributed by atoms with E-state index >= 15 is 0 Å². The predicted octanol–water partition coefficient (Wildman–Crippen LogP) is 1.49. The Balaban J connectivity index is 2.50. The first kappa shape index (κ1) is 11.9. The van der Waals surface area contributed by atoms with Gasteiger partial charge in [0.25, 0.3) is 0 Å². The molecule has 6 heteroatoms. The van der Waals surface area contributed by atoms with Gasteiger partial charge in [0.05, 0.1) is 32.2 Å². The van der Waals surface area contributed by atoms with E-state index in [4.69, 9.17) is 14.7 Å². The lowest BCUT2D eigenvalue weighted by Gasteiger charge is -2.10. The zero-order valence-electron chi connectivity index (χ0n) is 10.1. The number of rotatable bonds is 4. The van der Waals surface area contributed by atoms with E-state index < -0.39 is 0 Å². The van der Waals surface area contributed by atoms with E-state index in [0.29, 0.717) is 11.5 Å². The molecule has 0 saturated carbocycles. The molecule has 2 aromatic rings.